The third-order valence-corrected chi connectivity index (χ3v) is 2.09. The molecule has 0 aliphatic heterocycles. The van der Waals surface area contributed by atoms with Crippen LogP contribution >= 0.6 is 11.6 Å². The van der Waals surface area contributed by atoms with Gasteiger partial charge >= 0.3 is 0 Å². The average Bonchev–Trinajstić information content (AvgIpc) is 2.01. The van der Waals surface area contributed by atoms with Gasteiger partial charge in [-0.25, -0.2) is 0 Å². The van der Waals surface area contributed by atoms with Gasteiger partial charge in [-0.15, -0.1) is 0 Å². The Morgan fingerprint density at radius 1 is 1.43 bits per heavy atom. The Morgan fingerprint density at radius 2 is 2.00 bits per heavy atom. The van der Waals surface area contributed by atoms with Crippen molar-refractivity contribution in [2.75, 3.05) is 24.7 Å². The zero-order valence-electron chi connectivity index (χ0n) is 8.04. The standard InChI is InChI=1S/C9H12ClN3O/c1-13(2)8-6(9(12)14)3-5(11)4-7(8)10/h3-4H,11H2,1-2H3,(H2,12,14). The number of amides is 1. The molecule has 76 valence electrons. The number of hydrogen-bond acceptors (Lipinski definition) is 3. The van der Waals surface area contributed by atoms with Crippen molar-refractivity contribution >= 4 is 28.9 Å². The van der Waals surface area contributed by atoms with Crippen molar-refractivity contribution in [3.05, 3.63) is 22.7 Å². The molecule has 5 heteroatoms. The normalized spacial score (nSPS) is 9.93. The highest BCUT2D eigenvalue weighted by Gasteiger charge is 2.14. The highest BCUT2D eigenvalue weighted by molar-refractivity contribution is 6.34. The Labute approximate surface area is 87.4 Å². The second-order valence-electron chi connectivity index (χ2n) is 3.16. The summed E-state index contributed by atoms with van der Waals surface area (Å²) in [6, 6.07) is 3.10. The topological polar surface area (TPSA) is 72.3 Å². The number of nitrogens with zero attached hydrogens (tertiary/aromatic N) is 1. The quantitative estimate of drug-likeness (QED) is 0.723. The minimum absolute atomic E-state index is 0.333. The summed E-state index contributed by atoms with van der Waals surface area (Å²) in [5, 5.41) is 0.420. The maximum atomic E-state index is 11.1. The van der Waals surface area contributed by atoms with Crippen molar-refractivity contribution in [2.45, 2.75) is 0 Å². The number of nitrogens with two attached hydrogens (primary N) is 2. The van der Waals surface area contributed by atoms with Crippen LogP contribution in [0.2, 0.25) is 5.02 Å². The molecule has 0 saturated carbocycles. The summed E-state index contributed by atoms with van der Waals surface area (Å²) in [5.74, 6) is -0.539. The van der Waals surface area contributed by atoms with E-state index in [1.807, 2.05) is 0 Å². The number of benzene rings is 1. The Kier molecular flexibility index (Phi) is 2.86. The van der Waals surface area contributed by atoms with Crippen LogP contribution in [0.25, 0.3) is 0 Å². The van der Waals surface area contributed by atoms with E-state index in [-0.39, 0.29) is 0 Å². The summed E-state index contributed by atoms with van der Waals surface area (Å²) >= 11 is 5.94. The van der Waals surface area contributed by atoms with Gasteiger partial charge in [0.1, 0.15) is 0 Å². The zero-order valence-corrected chi connectivity index (χ0v) is 8.80. The van der Waals surface area contributed by atoms with E-state index in [0.717, 1.165) is 0 Å². The summed E-state index contributed by atoms with van der Waals surface area (Å²) in [4.78, 5) is 12.8. The monoisotopic (exact) mass is 213 g/mol. The Hall–Kier alpha value is -1.42. The van der Waals surface area contributed by atoms with Crippen molar-refractivity contribution < 1.29 is 4.79 Å². The van der Waals surface area contributed by atoms with Crippen molar-refractivity contribution in [2.24, 2.45) is 5.73 Å². The first-order valence-corrected chi connectivity index (χ1v) is 4.37. The zero-order chi connectivity index (χ0) is 10.9. The van der Waals surface area contributed by atoms with E-state index in [4.69, 9.17) is 23.1 Å². The second-order valence-corrected chi connectivity index (χ2v) is 3.56. The lowest BCUT2D eigenvalue weighted by atomic mass is 10.1. The molecule has 0 atom stereocenters. The van der Waals surface area contributed by atoms with Crippen LogP contribution in [0.4, 0.5) is 11.4 Å². The Balaban J connectivity index is 3.44. The van der Waals surface area contributed by atoms with Gasteiger partial charge in [0.05, 0.1) is 16.3 Å². The minimum atomic E-state index is -0.539. The van der Waals surface area contributed by atoms with Gasteiger partial charge in [-0.3, -0.25) is 4.79 Å². The second kappa shape index (κ2) is 3.75. The predicted octanol–water partition coefficient (Wildman–Crippen LogP) is 1.09. The molecule has 0 aliphatic carbocycles. The van der Waals surface area contributed by atoms with Gasteiger partial charge in [-0.1, -0.05) is 11.6 Å². The van der Waals surface area contributed by atoms with E-state index < -0.39 is 5.91 Å². The molecule has 14 heavy (non-hydrogen) atoms. The van der Waals surface area contributed by atoms with Crippen LogP contribution in [-0.4, -0.2) is 20.0 Å². The molecule has 1 amide bonds. The van der Waals surface area contributed by atoms with Crippen LogP contribution in [0.5, 0.6) is 0 Å². The minimum Gasteiger partial charge on any atom is -0.399 e. The number of carbonyl (C=O) groups is 1. The summed E-state index contributed by atoms with van der Waals surface area (Å²) in [6.07, 6.45) is 0. The third-order valence-electron chi connectivity index (χ3n) is 1.80. The average molecular weight is 214 g/mol. The molecule has 0 fully saturated rings. The van der Waals surface area contributed by atoms with Crippen molar-refractivity contribution in [1.82, 2.24) is 0 Å². The Morgan fingerprint density at radius 3 is 2.43 bits per heavy atom. The molecule has 0 radical (unpaired) electrons. The number of carbonyl (C=O) groups excluding carboxylic acids is 1. The summed E-state index contributed by atoms with van der Waals surface area (Å²) < 4.78 is 0. The lowest BCUT2D eigenvalue weighted by Crippen LogP contribution is -2.19. The molecule has 1 aromatic rings. The highest BCUT2D eigenvalue weighted by atomic mass is 35.5. The molecule has 0 saturated heterocycles. The smallest absolute Gasteiger partial charge is 0.250 e. The van der Waals surface area contributed by atoms with Gasteiger partial charge in [0.2, 0.25) is 0 Å². The van der Waals surface area contributed by atoms with Crippen molar-refractivity contribution in [1.29, 1.82) is 0 Å². The van der Waals surface area contributed by atoms with Gasteiger partial charge in [0.25, 0.3) is 5.91 Å². The van der Waals surface area contributed by atoms with Gasteiger partial charge in [0.15, 0.2) is 0 Å². The lowest BCUT2D eigenvalue weighted by molar-refractivity contribution is 0.100. The van der Waals surface area contributed by atoms with E-state index in [1.165, 1.54) is 6.07 Å². The first-order chi connectivity index (χ1) is 6.43. The van der Waals surface area contributed by atoms with Crippen LogP contribution in [-0.2, 0) is 0 Å². The van der Waals surface area contributed by atoms with E-state index in [2.05, 4.69) is 0 Å². The van der Waals surface area contributed by atoms with E-state index in [1.54, 1.807) is 25.1 Å². The molecule has 4 N–H and O–H groups in total. The highest BCUT2D eigenvalue weighted by Crippen LogP contribution is 2.30. The molecule has 0 aliphatic rings. The van der Waals surface area contributed by atoms with E-state index in [9.17, 15) is 4.79 Å². The SMILES string of the molecule is CN(C)c1c(Cl)cc(N)cc1C(N)=O. The Bertz CT molecular complexity index is 377. The first-order valence-electron chi connectivity index (χ1n) is 3.99. The van der Waals surface area contributed by atoms with E-state index >= 15 is 0 Å². The summed E-state index contributed by atoms with van der Waals surface area (Å²) in [5.41, 5.74) is 12.1. The molecule has 0 heterocycles. The van der Waals surface area contributed by atoms with E-state index in [0.29, 0.717) is 22.0 Å². The summed E-state index contributed by atoms with van der Waals surface area (Å²) in [6.45, 7) is 0. The molecule has 1 rings (SSSR count). The van der Waals surface area contributed by atoms with Crippen LogP contribution in [0, 0.1) is 0 Å². The molecule has 0 unspecified atom stereocenters. The largest absolute Gasteiger partial charge is 0.399 e. The first kappa shape index (κ1) is 10.7. The number of anilines is 2. The lowest BCUT2D eigenvalue weighted by Gasteiger charge is -2.18. The number of nitrogen functional groups attached to an aromatic ring is 1. The molecule has 0 aromatic heterocycles. The van der Waals surface area contributed by atoms with Crippen LogP contribution in [0.3, 0.4) is 0 Å². The summed E-state index contributed by atoms with van der Waals surface area (Å²) in [7, 11) is 3.56. The molecule has 1 aromatic carbocycles. The van der Waals surface area contributed by atoms with Crippen LogP contribution in [0.15, 0.2) is 12.1 Å². The molecule has 0 bridgehead atoms. The van der Waals surface area contributed by atoms with Crippen molar-refractivity contribution in [3.63, 3.8) is 0 Å². The number of rotatable bonds is 2. The number of halogens is 1. The molecular weight excluding hydrogens is 202 g/mol. The molecular formula is C9H12ClN3O. The maximum absolute atomic E-state index is 11.1. The van der Waals surface area contributed by atoms with Gasteiger partial charge in [0, 0.05) is 19.8 Å². The molecule has 0 spiro atoms. The predicted molar refractivity (Wildman–Crippen MR) is 58.7 cm³/mol. The third kappa shape index (κ3) is 1.90. The fourth-order valence-electron chi connectivity index (χ4n) is 1.26. The fraction of sp³-hybridized carbons (Fsp3) is 0.222. The number of hydrogen-bond donors (Lipinski definition) is 2. The maximum Gasteiger partial charge on any atom is 0.250 e. The van der Waals surface area contributed by atoms with Crippen LogP contribution < -0.4 is 16.4 Å². The van der Waals surface area contributed by atoms with Gasteiger partial charge < -0.3 is 16.4 Å². The number of primary amides is 1. The van der Waals surface area contributed by atoms with Crippen molar-refractivity contribution in [3.8, 4) is 0 Å². The van der Waals surface area contributed by atoms with Gasteiger partial charge in [-0.05, 0) is 12.1 Å². The fourth-order valence-corrected chi connectivity index (χ4v) is 1.66. The molecule has 4 nitrogen and oxygen atoms in total. The van der Waals surface area contributed by atoms with Gasteiger partial charge in [-0.2, -0.15) is 0 Å². The van der Waals surface area contributed by atoms with Crippen LogP contribution in [0.1, 0.15) is 10.4 Å².